The normalized spacial score (nSPS) is 11.4. The fourth-order valence-electron chi connectivity index (χ4n) is 2.07. The fourth-order valence-corrected chi connectivity index (χ4v) is 3.84. The van der Waals surface area contributed by atoms with Gasteiger partial charge < -0.3 is 10.1 Å². The van der Waals surface area contributed by atoms with Crippen molar-refractivity contribution in [2.45, 2.75) is 24.8 Å². The van der Waals surface area contributed by atoms with E-state index in [2.05, 4.69) is 10.0 Å². The molecule has 6 nitrogen and oxygen atoms in total. The van der Waals surface area contributed by atoms with E-state index in [1.807, 2.05) is 0 Å². The summed E-state index contributed by atoms with van der Waals surface area (Å²) in [7, 11) is -3.57. The number of hydrogen-bond donors (Lipinski definition) is 2. The maximum Gasteiger partial charge on any atom is 0.262 e. The van der Waals surface area contributed by atoms with Crippen LogP contribution in [-0.4, -0.2) is 27.0 Å². The second-order valence-corrected chi connectivity index (χ2v) is 8.33. The quantitative estimate of drug-likeness (QED) is 0.720. The maximum atomic E-state index is 12.0. The summed E-state index contributed by atoms with van der Waals surface area (Å²) < 4.78 is 31.9. The molecule has 0 spiro atoms. The van der Waals surface area contributed by atoms with Gasteiger partial charge in [0.05, 0.1) is 4.90 Å². The van der Waals surface area contributed by atoms with Crippen LogP contribution in [0.5, 0.6) is 5.75 Å². The molecule has 2 aromatic carbocycles. The number of sulfonamides is 1. The summed E-state index contributed by atoms with van der Waals surface area (Å²) in [6.07, 6.45) is 0. The molecule has 0 aromatic heterocycles. The average Bonchev–Trinajstić information content (AvgIpc) is 2.51. The van der Waals surface area contributed by atoms with E-state index in [9.17, 15) is 13.2 Å². The highest BCUT2D eigenvalue weighted by Crippen LogP contribution is 2.22. The Morgan fingerprint density at radius 3 is 2.19 bits per heavy atom. The van der Waals surface area contributed by atoms with Gasteiger partial charge in [0.25, 0.3) is 5.91 Å². The van der Waals surface area contributed by atoms with Gasteiger partial charge in [0, 0.05) is 21.8 Å². The molecular formula is C17H18Cl2N2O4S. The molecule has 9 heteroatoms. The predicted molar refractivity (Wildman–Crippen MR) is 102 cm³/mol. The monoisotopic (exact) mass is 416 g/mol. The van der Waals surface area contributed by atoms with Gasteiger partial charge >= 0.3 is 0 Å². The molecular weight excluding hydrogens is 399 g/mol. The number of rotatable bonds is 7. The van der Waals surface area contributed by atoms with Crippen LogP contribution in [0.4, 0.5) is 5.69 Å². The highest BCUT2D eigenvalue weighted by atomic mass is 35.5. The lowest BCUT2D eigenvalue weighted by atomic mass is 10.3. The van der Waals surface area contributed by atoms with Crippen molar-refractivity contribution in [1.82, 2.24) is 4.72 Å². The standard InChI is InChI=1S/C17H18Cl2N2O4S/c1-11(2)21-26(23,24)16-5-3-15(4-6-16)25-10-17(22)20-14-8-12(18)7-13(19)9-14/h3-9,11,21H,10H2,1-2H3,(H,20,22). The van der Waals surface area contributed by atoms with Crippen LogP contribution >= 0.6 is 23.2 Å². The number of ether oxygens (including phenoxy) is 1. The second kappa shape index (κ2) is 8.73. The Morgan fingerprint density at radius 2 is 1.65 bits per heavy atom. The average molecular weight is 417 g/mol. The van der Waals surface area contributed by atoms with Crippen LogP contribution in [0.3, 0.4) is 0 Å². The van der Waals surface area contributed by atoms with Crippen LogP contribution in [0.2, 0.25) is 10.0 Å². The minimum atomic E-state index is -3.57. The summed E-state index contributed by atoms with van der Waals surface area (Å²) in [5.41, 5.74) is 0.456. The lowest BCUT2D eigenvalue weighted by Crippen LogP contribution is -2.30. The highest BCUT2D eigenvalue weighted by Gasteiger charge is 2.15. The third kappa shape index (κ3) is 6.17. The Kier molecular flexibility index (Phi) is 6.88. The number of halogens is 2. The predicted octanol–water partition coefficient (Wildman–Crippen LogP) is 3.70. The highest BCUT2D eigenvalue weighted by molar-refractivity contribution is 7.89. The van der Waals surface area contributed by atoms with E-state index >= 15 is 0 Å². The summed E-state index contributed by atoms with van der Waals surface area (Å²) in [5, 5.41) is 3.42. The van der Waals surface area contributed by atoms with Crippen LogP contribution in [0, 0.1) is 0 Å². The molecule has 0 saturated heterocycles. The van der Waals surface area contributed by atoms with Crippen molar-refractivity contribution in [1.29, 1.82) is 0 Å². The molecule has 0 atom stereocenters. The van der Waals surface area contributed by atoms with Crippen molar-refractivity contribution >= 4 is 44.8 Å². The van der Waals surface area contributed by atoms with E-state index in [1.54, 1.807) is 32.0 Å². The number of benzene rings is 2. The zero-order valence-electron chi connectivity index (χ0n) is 14.1. The number of amides is 1. The Balaban J connectivity index is 1.94. The van der Waals surface area contributed by atoms with Crippen molar-refractivity contribution in [2.24, 2.45) is 0 Å². The first-order valence-corrected chi connectivity index (χ1v) is 9.91. The van der Waals surface area contributed by atoms with Gasteiger partial charge in [-0.25, -0.2) is 13.1 Å². The number of hydrogen-bond acceptors (Lipinski definition) is 4. The fraction of sp³-hybridized carbons (Fsp3) is 0.235. The molecule has 0 aliphatic carbocycles. The molecule has 0 heterocycles. The molecule has 0 bridgehead atoms. The first-order chi connectivity index (χ1) is 12.2. The molecule has 0 radical (unpaired) electrons. The van der Waals surface area contributed by atoms with Gasteiger partial charge in [-0.05, 0) is 56.3 Å². The largest absolute Gasteiger partial charge is 0.484 e. The minimum Gasteiger partial charge on any atom is -0.484 e. The van der Waals surface area contributed by atoms with Crippen LogP contribution in [0.15, 0.2) is 47.4 Å². The van der Waals surface area contributed by atoms with Crippen molar-refractivity contribution < 1.29 is 17.9 Å². The third-order valence-electron chi connectivity index (χ3n) is 3.04. The van der Waals surface area contributed by atoms with E-state index in [-0.39, 0.29) is 17.5 Å². The molecule has 140 valence electrons. The molecule has 0 unspecified atom stereocenters. The van der Waals surface area contributed by atoms with E-state index in [0.717, 1.165) is 0 Å². The molecule has 0 fully saturated rings. The van der Waals surface area contributed by atoms with Gasteiger partial charge in [0.15, 0.2) is 6.61 Å². The molecule has 2 N–H and O–H groups in total. The van der Waals surface area contributed by atoms with Crippen molar-refractivity contribution in [2.75, 3.05) is 11.9 Å². The summed E-state index contributed by atoms with van der Waals surface area (Å²) in [6, 6.07) is 10.3. The van der Waals surface area contributed by atoms with Crippen LogP contribution in [0.1, 0.15) is 13.8 Å². The van der Waals surface area contributed by atoms with Gasteiger partial charge in [-0.15, -0.1) is 0 Å². The number of nitrogens with one attached hydrogen (secondary N) is 2. The van der Waals surface area contributed by atoms with Gasteiger partial charge in [-0.2, -0.15) is 0 Å². The smallest absolute Gasteiger partial charge is 0.262 e. The van der Waals surface area contributed by atoms with Crippen LogP contribution in [0.25, 0.3) is 0 Å². The maximum absolute atomic E-state index is 12.0. The molecule has 2 rings (SSSR count). The first kappa shape index (κ1) is 20.5. The van der Waals surface area contributed by atoms with E-state index in [1.165, 1.54) is 24.3 Å². The van der Waals surface area contributed by atoms with Crippen LogP contribution < -0.4 is 14.8 Å². The Bertz CT molecular complexity index is 864. The summed E-state index contributed by atoms with van der Waals surface area (Å²) >= 11 is 11.7. The number of carbonyl (C=O) groups is 1. The zero-order valence-corrected chi connectivity index (χ0v) is 16.5. The van der Waals surface area contributed by atoms with Crippen molar-refractivity contribution in [3.63, 3.8) is 0 Å². The molecule has 26 heavy (non-hydrogen) atoms. The van der Waals surface area contributed by atoms with Crippen LogP contribution in [-0.2, 0) is 14.8 Å². The Labute approximate surface area is 162 Å². The van der Waals surface area contributed by atoms with Gasteiger partial charge in [0.1, 0.15) is 5.75 Å². The molecule has 0 aliphatic heterocycles. The number of carbonyl (C=O) groups excluding carboxylic acids is 1. The van der Waals surface area contributed by atoms with Gasteiger partial charge in [-0.3, -0.25) is 4.79 Å². The topological polar surface area (TPSA) is 84.5 Å². The van der Waals surface area contributed by atoms with Crippen molar-refractivity contribution in [3.8, 4) is 5.75 Å². The van der Waals surface area contributed by atoms with E-state index in [0.29, 0.717) is 21.5 Å². The SMILES string of the molecule is CC(C)NS(=O)(=O)c1ccc(OCC(=O)Nc2cc(Cl)cc(Cl)c2)cc1. The Hall–Kier alpha value is -1.80. The molecule has 0 saturated carbocycles. The molecule has 0 aliphatic rings. The van der Waals surface area contributed by atoms with E-state index in [4.69, 9.17) is 27.9 Å². The summed E-state index contributed by atoms with van der Waals surface area (Å²) in [6.45, 7) is 3.22. The lowest BCUT2D eigenvalue weighted by Gasteiger charge is -2.11. The van der Waals surface area contributed by atoms with Gasteiger partial charge in [-0.1, -0.05) is 23.2 Å². The van der Waals surface area contributed by atoms with E-state index < -0.39 is 15.9 Å². The second-order valence-electron chi connectivity index (χ2n) is 5.74. The lowest BCUT2D eigenvalue weighted by molar-refractivity contribution is -0.118. The van der Waals surface area contributed by atoms with Gasteiger partial charge in [0.2, 0.25) is 10.0 Å². The third-order valence-corrected chi connectivity index (χ3v) is 5.15. The Morgan fingerprint density at radius 1 is 1.08 bits per heavy atom. The summed E-state index contributed by atoms with van der Waals surface area (Å²) in [5.74, 6) is -0.0331. The van der Waals surface area contributed by atoms with Crippen molar-refractivity contribution in [3.05, 3.63) is 52.5 Å². The summed E-state index contributed by atoms with van der Waals surface area (Å²) in [4.78, 5) is 12.0. The first-order valence-electron chi connectivity index (χ1n) is 7.67. The minimum absolute atomic E-state index is 0.122. The zero-order chi connectivity index (χ0) is 19.3. The molecule has 1 amide bonds. The number of anilines is 1. The molecule has 2 aromatic rings.